The van der Waals surface area contributed by atoms with Crippen LogP contribution in [0.15, 0.2) is 4.99 Å². The molecule has 2 fully saturated rings. The number of hydrogen-bond acceptors (Lipinski definition) is 2. The van der Waals surface area contributed by atoms with Crippen molar-refractivity contribution in [1.82, 2.24) is 4.90 Å². The highest BCUT2D eigenvalue weighted by Gasteiger charge is 2.18. The van der Waals surface area contributed by atoms with E-state index in [1.807, 2.05) is 0 Å². The lowest BCUT2D eigenvalue weighted by Crippen LogP contribution is -2.42. The second kappa shape index (κ2) is 6.53. The first-order valence-electron chi connectivity index (χ1n) is 6.88. The van der Waals surface area contributed by atoms with E-state index in [1.165, 1.54) is 37.2 Å². The van der Waals surface area contributed by atoms with Crippen molar-refractivity contribution >= 4 is 17.7 Å². The highest BCUT2D eigenvalue weighted by atomic mass is 32.2. The Morgan fingerprint density at radius 3 is 2.76 bits per heavy atom. The summed E-state index contributed by atoms with van der Waals surface area (Å²) in [7, 11) is 0. The van der Waals surface area contributed by atoms with E-state index in [-0.39, 0.29) is 0 Å². The van der Waals surface area contributed by atoms with E-state index in [9.17, 15) is 0 Å². The van der Waals surface area contributed by atoms with E-state index >= 15 is 0 Å². The van der Waals surface area contributed by atoms with Crippen LogP contribution in [0.25, 0.3) is 0 Å². The van der Waals surface area contributed by atoms with Gasteiger partial charge >= 0.3 is 0 Å². The quantitative estimate of drug-likeness (QED) is 0.607. The standard InChI is InChI=1S/C13H25N3S/c1-11-4-6-16(7-5-11)13(14)15-9-12-3-2-8-17-10-12/h11-12H,2-10H2,1H3,(H2,14,15). The molecule has 0 amide bonds. The molecule has 0 aromatic rings. The van der Waals surface area contributed by atoms with Crippen LogP contribution in [-0.4, -0.2) is 42.0 Å². The summed E-state index contributed by atoms with van der Waals surface area (Å²) in [5, 5.41) is 0. The summed E-state index contributed by atoms with van der Waals surface area (Å²) in [6.07, 6.45) is 5.21. The lowest BCUT2D eigenvalue weighted by molar-refractivity contribution is 0.277. The zero-order valence-electron chi connectivity index (χ0n) is 10.9. The number of thioether (sulfide) groups is 1. The molecule has 2 rings (SSSR count). The van der Waals surface area contributed by atoms with Gasteiger partial charge in [-0.25, -0.2) is 0 Å². The number of rotatable bonds is 2. The molecular formula is C13H25N3S. The summed E-state index contributed by atoms with van der Waals surface area (Å²) in [6, 6.07) is 0. The van der Waals surface area contributed by atoms with Crippen molar-refractivity contribution in [2.45, 2.75) is 32.6 Å². The molecule has 2 N–H and O–H groups in total. The normalized spacial score (nSPS) is 28.4. The average molecular weight is 255 g/mol. The predicted octanol–water partition coefficient (Wildman–Crippen LogP) is 2.18. The first-order valence-corrected chi connectivity index (χ1v) is 8.04. The van der Waals surface area contributed by atoms with Crippen LogP contribution in [0.3, 0.4) is 0 Å². The molecule has 2 aliphatic rings. The van der Waals surface area contributed by atoms with Crippen molar-refractivity contribution in [1.29, 1.82) is 0 Å². The molecule has 3 nitrogen and oxygen atoms in total. The highest BCUT2D eigenvalue weighted by Crippen LogP contribution is 2.22. The van der Waals surface area contributed by atoms with Crippen LogP contribution in [0.5, 0.6) is 0 Å². The Bertz CT molecular complexity index is 253. The summed E-state index contributed by atoms with van der Waals surface area (Å²) < 4.78 is 0. The van der Waals surface area contributed by atoms with Gasteiger partial charge in [-0.05, 0) is 49.0 Å². The third-order valence-electron chi connectivity index (χ3n) is 3.87. The second-order valence-electron chi connectivity index (χ2n) is 5.45. The van der Waals surface area contributed by atoms with Crippen molar-refractivity contribution in [3.8, 4) is 0 Å². The van der Waals surface area contributed by atoms with Gasteiger partial charge in [-0.2, -0.15) is 11.8 Å². The largest absolute Gasteiger partial charge is 0.370 e. The first kappa shape index (κ1) is 13.1. The van der Waals surface area contributed by atoms with Crippen LogP contribution in [0.1, 0.15) is 32.6 Å². The molecule has 98 valence electrons. The SMILES string of the molecule is CC1CCN(C(N)=NCC2CCCSC2)CC1. The fourth-order valence-electron chi connectivity index (χ4n) is 2.51. The molecule has 0 aliphatic carbocycles. The van der Waals surface area contributed by atoms with Gasteiger partial charge in [0, 0.05) is 19.6 Å². The molecule has 1 atom stereocenters. The van der Waals surface area contributed by atoms with Crippen molar-refractivity contribution in [2.24, 2.45) is 22.6 Å². The average Bonchev–Trinajstić information content (AvgIpc) is 2.38. The van der Waals surface area contributed by atoms with Gasteiger partial charge in [-0.15, -0.1) is 0 Å². The van der Waals surface area contributed by atoms with Crippen LogP contribution < -0.4 is 5.73 Å². The minimum absolute atomic E-state index is 0.760. The van der Waals surface area contributed by atoms with Gasteiger partial charge in [0.15, 0.2) is 5.96 Å². The monoisotopic (exact) mass is 255 g/mol. The third-order valence-corrected chi connectivity index (χ3v) is 5.16. The molecule has 2 aliphatic heterocycles. The number of nitrogens with zero attached hydrogens (tertiary/aromatic N) is 2. The molecule has 0 aromatic heterocycles. The maximum Gasteiger partial charge on any atom is 0.191 e. The number of likely N-dealkylation sites (tertiary alicyclic amines) is 1. The van der Waals surface area contributed by atoms with Gasteiger partial charge in [-0.1, -0.05) is 6.92 Å². The summed E-state index contributed by atoms with van der Waals surface area (Å²) in [5.74, 6) is 5.00. The van der Waals surface area contributed by atoms with E-state index in [2.05, 4.69) is 28.6 Å². The molecule has 0 bridgehead atoms. The number of aliphatic imine (C=N–C) groups is 1. The zero-order chi connectivity index (χ0) is 12.1. The maximum absolute atomic E-state index is 6.08. The Hall–Kier alpha value is -0.380. The molecule has 0 saturated carbocycles. The molecule has 2 heterocycles. The van der Waals surface area contributed by atoms with Crippen LogP contribution in [-0.2, 0) is 0 Å². The Morgan fingerprint density at radius 1 is 1.35 bits per heavy atom. The van der Waals surface area contributed by atoms with E-state index in [1.54, 1.807) is 0 Å². The fourth-order valence-corrected chi connectivity index (χ4v) is 3.65. The van der Waals surface area contributed by atoms with Gasteiger partial charge in [-0.3, -0.25) is 4.99 Å². The van der Waals surface area contributed by atoms with Crippen molar-refractivity contribution in [3.63, 3.8) is 0 Å². The Kier molecular flexibility index (Phi) is 5.01. The van der Waals surface area contributed by atoms with Gasteiger partial charge in [0.05, 0.1) is 0 Å². The van der Waals surface area contributed by atoms with E-state index < -0.39 is 0 Å². The van der Waals surface area contributed by atoms with E-state index in [0.717, 1.165) is 37.4 Å². The smallest absolute Gasteiger partial charge is 0.191 e. The van der Waals surface area contributed by atoms with Crippen LogP contribution in [0.4, 0.5) is 0 Å². The molecule has 0 spiro atoms. The summed E-state index contributed by atoms with van der Waals surface area (Å²) in [6.45, 7) is 5.45. The highest BCUT2D eigenvalue weighted by molar-refractivity contribution is 7.99. The minimum Gasteiger partial charge on any atom is -0.370 e. The van der Waals surface area contributed by atoms with Gasteiger partial charge in [0.2, 0.25) is 0 Å². The number of piperidine rings is 1. The van der Waals surface area contributed by atoms with E-state index in [4.69, 9.17) is 5.73 Å². The van der Waals surface area contributed by atoms with Crippen molar-refractivity contribution < 1.29 is 0 Å². The third kappa shape index (κ3) is 4.09. The predicted molar refractivity (Wildman–Crippen MR) is 76.5 cm³/mol. The number of nitrogens with two attached hydrogens (primary N) is 1. The Balaban J connectivity index is 1.75. The molecule has 1 unspecified atom stereocenters. The van der Waals surface area contributed by atoms with Crippen LogP contribution >= 0.6 is 11.8 Å². The molecule has 4 heteroatoms. The van der Waals surface area contributed by atoms with Crippen LogP contribution in [0.2, 0.25) is 0 Å². The topological polar surface area (TPSA) is 41.6 Å². The van der Waals surface area contributed by atoms with Crippen molar-refractivity contribution in [3.05, 3.63) is 0 Å². The van der Waals surface area contributed by atoms with Gasteiger partial charge in [0.25, 0.3) is 0 Å². The summed E-state index contributed by atoms with van der Waals surface area (Å²) >= 11 is 2.07. The first-order chi connectivity index (χ1) is 8.25. The van der Waals surface area contributed by atoms with Gasteiger partial charge in [0.1, 0.15) is 0 Å². The van der Waals surface area contributed by atoms with Crippen molar-refractivity contribution in [2.75, 3.05) is 31.1 Å². The maximum atomic E-state index is 6.08. The van der Waals surface area contributed by atoms with E-state index in [0.29, 0.717) is 0 Å². The number of hydrogen-bond donors (Lipinski definition) is 1. The zero-order valence-corrected chi connectivity index (χ0v) is 11.7. The fraction of sp³-hybridized carbons (Fsp3) is 0.923. The minimum atomic E-state index is 0.760. The van der Waals surface area contributed by atoms with Gasteiger partial charge < -0.3 is 10.6 Å². The van der Waals surface area contributed by atoms with Crippen LogP contribution in [0, 0.1) is 11.8 Å². The second-order valence-corrected chi connectivity index (χ2v) is 6.60. The number of guanidine groups is 1. The lowest BCUT2D eigenvalue weighted by atomic mass is 10.00. The molecule has 17 heavy (non-hydrogen) atoms. The summed E-state index contributed by atoms with van der Waals surface area (Å²) in [4.78, 5) is 6.86. The Labute approximate surface area is 109 Å². The Morgan fingerprint density at radius 2 is 2.12 bits per heavy atom. The molecular weight excluding hydrogens is 230 g/mol. The lowest BCUT2D eigenvalue weighted by Gasteiger charge is -2.31. The molecule has 2 saturated heterocycles. The molecule has 0 radical (unpaired) electrons. The molecule has 0 aromatic carbocycles. The summed E-state index contributed by atoms with van der Waals surface area (Å²) in [5.41, 5.74) is 6.08.